The summed E-state index contributed by atoms with van der Waals surface area (Å²) in [4.78, 5) is 2.37. The molecule has 0 unspecified atom stereocenters. The Balaban J connectivity index is 1.18. The van der Waals surface area contributed by atoms with Crippen LogP contribution in [0.2, 0.25) is 0 Å². The van der Waals surface area contributed by atoms with Crippen molar-refractivity contribution < 1.29 is 0 Å². The topological polar surface area (TPSA) is 3.24 Å². The molecule has 8 aromatic rings. The van der Waals surface area contributed by atoms with E-state index in [1.54, 1.807) is 0 Å². The van der Waals surface area contributed by atoms with Gasteiger partial charge < -0.3 is 4.90 Å². The minimum atomic E-state index is -0.0675. The molecule has 0 saturated carbocycles. The molecular weight excluding hydrogens is 579 g/mol. The first-order valence-electron chi connectivity index (χ1n) is 16.8. The van der Waals surface area contributed by atoms with Gasteiger partial charge in [-0.3, -0.25) is 0 Å². The first-order valence-corrected chi connectivity index (χ1v) is 16.8. The molecule has 8 aromatic carbocycles. The van der Waals surface area contributed by atoms with E-state index in [0.29, 0.717) is 0 Å². The quantitative estimate of drug-likeness (QED) is 0.187. The van der Waals surface area contributed by atoms with Crippen molar-refractivity contribution in [3.8, 4) is 33.4 Å². The maximum Gasteiger partial charge on any atom is 0.0468 e. The first-order chi connectivity index (χ1) is 23.6. The number of benzene rings is 8. The van der Waals surface area contributed by atoms with Gasteiger partial charge in [0.25, 0.3) is 0 Å². The summed E-state index contributed by atoms with van der Waals surface area (Å²) in [6.07, 6.45) is 0. The summed E-state index contributed by atoms with van der Waals surface area (Å²) in [5, 5.41) is 5.14. The van der Waals surface area contributed by atoms with Crippen molar-refractivity contribution >= 4 is 38.6 Å². The van der Waals surface area contributed by atoms with Gasteiger partial charge in [-0.1, -0.05) is 153 Å². The highest BCUT2D eigenvalue weighted by Gasteiger charge is 2.34. The lowest BCUT2D eigenvalue weighted by molar-refractivity contribution is 0.645. The standard InChI is InChI=1S/C47H35N/c1-47(2)43-17-9-8-16-42(43)46-41(30-24-36-15-10-18-44(47)45(36)46)35-22-27-39(28-23-35)48(40-29-21-33-13-6-7-14-37(33)31-40)38-25-19-34(20-26-38)32-11-4-3-5-12-32/h3-31H,1-2H3. The second-order valence-corrected chi connectivity index (χ2v) is 13.4. The number of hydrogen-bond donors (Lipinski definition) is 0. The maximum atomic E-state index is 2.37. The number of hydrogen-bond acceptors (Lipinski definition) is 1. The Kier molecular flexibility index (Phi) is 6.55. The summed E-state index contributed by atoms with van der Waals surface area (Å²) < 4.78 is 0. The molecule has 9 rings (SSSR count). The van der Waals surface area contributed by atoms with Crippen molar-refractivity contribution in [1.82, 2.24) is 0 Å². The highest BCUT2D eigenvalue weighted by molar-refractivity contribution is 6.09. The van der Waals surface area contributed by atoms with Crippen LogP contribution in [0.15, 0.2) is 176 Å². The third-order valence-electron chi connectivity index (χ3n) is 10.2. The molecule has 0 fully saturated rings. The van der Waals surface area contributed by atoms with Crippen LogP contribution in [0.1, 0.15) is 25.0 Å². The number of nitrogens with zero attached hydrogens (tertiary/aromatic N) is 1. The average Bonchev–Trinajstić information content (AvgIpc) is 3.15. The zero-order valence-electron chi connectivity index (χ0n) is 27.2. The summed E-state index contributed by atoms with van der Waals surface area (Å²) in [5.41, 5.74) is 13.7. The summed E-state index contributed by atoms with van der Waals surface area (Å²) in [6.45, 7) is 4.72. The van der Waals surface area contributed by atoms with Crippen molar-refractivity contribution in [2.45, 2.75) is 19.3 Å². The lowest BCUT2D eigenvalue weighted by Gasteiger charge is -2.36. The van der Waals surface area contributed by atoms with Gasteiger partial charge in [0.15, 0.2) is 0 Å². The molecule has 228 valence electrons. The molecule has 0 amide bonds. The molecule has 0 N–H and O–H groups in total. The zero-order chi connectivity index (χ0) is 32.2. The van der Waals surface area contributed by atoms with Gasteiger partial charge in [0.05, 0.1) is 0 Å². The van der Waals surface area contributed by atoms with E-state index in [2.05, 4.69) is 195 Å². The first kappa shape index (κ1) is 28.3. The fourth-order valence-electron chi connectivity index (χ4n) is 7.80. The molecule has 1 aliphatic carbocycles. The Morgan fingerprint density at radius 2 is 0.938 bits per heavy atom. The van der Waals surface area contributed by atoms with E-state index in [9.17, 15) is 0 Å². The van der Waals surface area contributed by atoms with Gasteiger partial charge in [-0.15, -0.1) is 0 Å². The monoisotopic (exact) mass is 613 g/mol. The molecule has 0 saturated heterocycles. The molecule has 0 atom stereocenters. The lowest BCUT2D eigenvalue weighted by atomic mass is 9.67. The van der Waals surface area contributed by atoms with Crippen molar-refractivity contribution in [2.24, 2.45) is 0 Å². The van der Waals surface area contributed by atoms with E-state index in [-0.39, 0.29) is 5.41 Å². The van der Waals surface area contributed by atoms with Crippen molar-refractivity contribution in [3.63, 3.8) is 0 Å². The SMILES string of the molecule is CC1(C)c2ccccc2-c2c(-c3ccc(N(c4ccc(-c5ccccc5)cc4)c4ccc5ccccc5c4)cc3)ccc3cccc1c23. The van der Waals surface area contributed by atoms with Gasteiger partial charge in [0.2, 0.25) is 0 Å². The highest BCUT2D eigenvalue weighted by atomic mass is 15.1. The predicted octanol–water partition coefficient (Wildman–Crippen LogP) is 13.1. The summed E-state index contributed by atoms with van der Waals surface area (Å²) >= 11 is 0. The molecule has 1 heteroatoms. The molecule has 0 aromatic heterocycles. The Hall–Kier alpha value is -5.92. The van der Waals surface area contributed by atoms with E-state index in [4.69, 9.17) is 0 Å². The van der Waals surface area contributed by atoms with Crippen molar-refractivity contribution in [1.29, 1.82) is 0 Å². The van der Waals surface area contributed by atoms with Gasteiger partial charge in [0.1, 0.15) is 0 Å². The van der Waals surface area contributed by atoms with E-state index < -0.39 is 0 Å². The minimum absolute atomic E-state index is 0.0675. The minimum Gasteiger partial charge on any atom is -0.310 e. The molecule has 0 bridgehead atoms. The van der Waals surface area contributed by atoms with Gasteiger partial charge in [-0.2, -0.15) is 0 Å². The predicted molar refractivity (Wildman–Crippen MR) is 205 cm³/mol. The van der Waals surface area contributed by atoms with Gasteiger partial charge >= 0.3 is 0 Å². The van der Waals surface area contributed by atoms with Gasteiger partial charge in [-0.05, 0) is 102 Å². The third kappa shape index (κ3) is 4.54. The second kappa shape index (κ2) is 11.1. The molecule has 0 spiro atoms. The maximum absolute atomic E-state index is 2.37. The van der Waals surface area contributed by atoms with Crippen molar-refractivity contribution in [3.05, 3.63) is 187 Å². The van der Waals surface area contributed by atoms with Crippen LogP contribution in [0.4, 0.5) is 17.1 Å². The highest BCUT2D eigenvalue weighted by Crippen LogP contribution is 2.51. The summed E-state index contributed by atoms with van der Waals surface area (Å²) in [5.74, 6) is 0. The molecule has 48 heavy (non-hydrogen) atoms. The fraction of sp³-hybridized carbons (Fsp3) is 0.0638. The Bertz CT molecular complexity index is 2450. The molecule has 1 nitrogen and oxygen atoms in total. The largest absolute Gasteiger partial charge is 0.310 e. The van der Waals surface area contributed by atoms with Crippen LogP contribution in [-0.2, 0) is 5.41 Å². The van der Waals surface area contributed by atoms with E-state index in [1.165, 1.54) is 66.1 Å². The third-order valence-corrected chi connectivity index (χ3v) is 10.2. The summed E-state index contributed by atoms with van der Waals surface area (Å²) in [7, 11) is 0. The summed E-state index contributed by atoms with van der Waals surface area (Å²) in [6, 6.07) is 64.3. The van der Waals surface area contributed by atoms with E-state index >= 15 is 0 Å². The second-order valence-electron chi connectivity index (χ2n) is 13.4. The number of rotatable bonds is 5. The van der Waals surface area contributed by atoms with Crippen molar-refractivity contribution in [2.75, 3.05) is 4.90 Å². The van der Waals surface area contributed by atoms with Gasteiger partial charge in [0, 0.05) is 22.5 Å². The molecule has 0 radical (unpaired) electrons. The Morgan fingerprint density at radius 1 is 0.375 bits per heavy atom. The van der Waals surface area contributed by atoms with Crippen LogP contribution in [0, 0.1) is 0 Å². The van der Waals surface area contributed by atoms with Crippen LogP contribution in [0.3, 0.4) is 0 Å². The lowest BCUT2D eigenvalue weighted by Crippen LogP contribution is -2.23. The fourth-order valence-corrected chi connectivity index (χ4v) is 7.80. The van der Waals surface area contributed by atoms with Crippen LogP contribution in [-0.4, -0.2) is 0 Å². The smallest absolute Gasteiger partial charge is 0.0468 e. The molecule has 1 aliphatic rings. The van der Waals surface area contributed by atoms with Crippen LogP contribution in [0.25, 0.3) is 54.9 Å². The normalized spacial score (nSPS) is 13.0. The zero-order valence-corrected chi connectivity index (χ0v) is 27.2. The van der Waals surface area contributed by atoms with Crippen LogP contribution < -0.4 is 4.90 Å². The molecule has 0 aliphatic heterocycles. The van der Waals surface area contributed by atoms with Crippen LogP contribution >= 0.6 is 0 Å². The Labute approximate surface area is 282 Å². The Morgan fingerprint density at radius 3 is 1.71 bits per heavy atom. The molecular formula is C47H35N. The van der Waals surface area contributed by atoms with E-state index in [1.807, 2.05) is 0 Å². The number of anilines is 3. The molecule has 0 heterocycles. The number of fused-ring (bicyclic) bond motifs is 3. The van der Waals surface area contributed by atoms with E-state index in [0.717, 1.165) is 17.1 Å². The van der Waals surface area contributed by atoms with Gasteiger partial charge in [-0.25, -0.2) is 0 Å². The average molecular weight is 614 g/mol. The van der Waals surface area contributed by atoms with Crippen LogP contribution in [0.5, 0.6) is 0 Å².